The number of hydrogen-bond donors (Lipinski definition) is 0. The number of halogens is 6. The van der Waals surface area contributed by atoms with Gasteiger partial charge in [0.15, 0.2) is 5.78 Å². The molecule has 1 heterocycles. The Bertz CT molecular complexity index is 2760. The number of benzene rings is 4. The SMILES string of the molecule is CC1=C[C@@H]2C[C@@](C)(C(F)(F)F)CC[C@@]2(Cc2ccccc2)c2ccc(C(=O)Cc3cccnc3C)cc21.COC(=O)c1ccc2c(c1)C(C)=C[C@@H]1C[C@@](C)(C(F)(F)F)CC[C@@]21Cc1ccccc1. The average Bonchev–Trinajstić information content (AvgIpc) is 3.30. The van der Waals surface area contributed by atoms with Gasteiger partial charge < -0.3 is 4.74 Å². The van der Waals surface area contributed by atoms with Crippen molar-refractivity contribution in [3.63, 3.8) is 0 Å². The molecule has 9 rings (SSSR count). The molecule has 2 saturated carbocycles. The fourth-order valence-electron chi connectivity index (χ4n) is 11.9. The molecule has 0 saturated heterocycles. The highest BCUT2D eigenvalue weighted by Gasteiger charge is 2.60. The predicted molar refractivity (Wildman–Crippen MR) is 255 cm³/mol. The minimum atomic E-state index is -4.24. The van der Waals surface area contributed by atoms with Gasteiger partial charge in [-0.15, -0.1) is 0 Å². The van der Waals surface area contributed by atoms with Gasteiger partial charge in [0.1, 0.15) is 0 Å². The van der Waals surface area contributed by atoms with Crippen molar-refractivity contribution in [2.45, 2.75) is 116 Å². The third-order valence-corrected chi connectivity index (χ3v) is 16.2. The van der Waals surface area contributed by atoms with Crippen molar-refractivity contribution in [1.29, 1.82) is 0 Å². The molecule has 4 aliphatic carbocycles. The molecule has 2 fully saturated rings. The number of fused-ring (bicyclic) bond motifs is 6. The van der Waals surface area contributed by atoms with Crippen LogP contribution in [0, 0.1) is 29.6 Å². The molecule has 0 amide bonds. The van der Waals surface area contributed by atoms with E-state index in [-0.39, 0.29) is 49.7 Å². The Kier molecular flexibility index (Phi) is 13.1. The molecule has 68 heavy (non-hydrogen) atoms. The molecule has 0 spiro atoms. The number of hydrogen-bond acceptors (Lipinski definition) is 4. The number of pyridine rings is 1. The highest BCUT2D eigenvalue weighted by atomic mass is 19.4. The van der Waals surface area contributed by atoms with Crippen LogP contribution in [0.2, 0.25) is 0 Å². The van der Waals surface area contributed by atoms with Crippen molar-refractivity contribution in [2.75, 3.05) is 7.11 Å². The van der Waals surface area contributed by atoms with Crippen LogP contribution in [0.3, 0.4) is 0 Å². The van der Waals surface area contributed by atoms with Gasteiger partial charge in [0.05, 0.1) is 23.5 Å². The van der Waals surface area contributed by atoms with Crippen LogP contribution in [0.5, 0.6) is 0 Å². The molecule has 0 bridgehead atoms. The second-order valence-corrected chi connectivity index (χ2v) is 20.4. The molecular weight excluding hydrogens is 873 g/mol. The number of aromatic nitrogens is 1. The van der Waals surface area contributed by atoms with E-state index in [0.29, 0.717) is 36.8 Å². The summed E-state index contributed by atoms with van der Waals surface area (Å²) in [6, 6.07) is 35.1. The van der Waals surface area contributed by atoms with Crippen molar-refractivity contribution in [1.82, 2.24) is 4.98 Å². The van der Waals surface area contributed by atoms with Crippen LogP contribution in [0.4, 0.5) is 26.3 Å². The van der Waals surface area contributed by atoms with Crippen LogP contribution < -0.4 is 0 Å². The Balaban J connectivity index is 0.000000187. The summed E-state index contributed by atoms with van der Waals surface area (Å²) in [6.45, 7) is 8.52. The monoisotopic (exact) mass is 931 g/mol. The van der Waals surface area contributed by atoms with Crippen molar-refractivity contribution < 1.29 is 40.7 Å². The number of nitrogens with zero attached hydrogens (tertiary/aromatic N) is 1. The Morgan fingerprint density at radius 2 is 1.07 bits per heavy atom. The van der Waals surface area contributed by atoms with Crippen molar-refractivity contribution >= 4 is 22.9 Å². The lowest BCUT2D eigenvalue weighted by Crippen LogP contribution is -2.50. The fraction of sp³-hybridized carbons (Fsp3) is 0.397. The predicted octanol–water partition coefficient (Wildman–Crippen LogP) is 14.8. The molecule has 0 aliphatic heterocycles. The van der Waals surface area contributed by atoms with Gasteiger partial charge in [-0.2, -0.15) is 26.3 Å². The summed E-state index contributed by atoms with van der Waals surface area (Å²) >= 11 is 0. The van der Waals surface area contributed by atoms with E-state index in [1.807, 2.05) is 124 Å². The van der Waals surface area contributed by atoms with Gasteiger partial charge in [-0.05, 0) is 158 Å². The van der Waals surface area contributed by atoms with Gasteiger partial charge >= 0.3 is 18.3 Å². The number of methoxy groups -OCH3 is 1. The number of aryl methyl sites for hydroxylation is 1. The first-order chi connectivity index (χ1) is 32.1. The number of carbonyl (C=O) groups excluding carboxylic acids is 2. The zero-order chi connectivity index (χ0) is 48.9. The Hall–Kier alpha value is -5.77. The molecule has 0 unspecified atom stereocenters. The molecule has 6 atom stereocenters. The molecule has 0 radical (unpaired) electrons. The molecule has 10 heteroatoms. The molecule has 1 aromatic heterocycles. The maximum Gasteiger partial charge on any atom is 0.394 e. The van der Waals surface area contributed by atoms with E-state index in [1.54, 1.807) is 12.3 Å². The summed E-state index contributed by atoms with van der Waals surface area (Å²) in [5, 5.41) is 0. The van der Waals surface area contributed by atoms with E-state index in [1.165, 1.54) is 21.0 Å². The highest BCUT2D eigenvalue weighted by Crippen LogP contribution is 2.62. The summed E-state index contributed by atoms with van der Waals surface area (Å²) in [4.78, 5) is 29.6. The molecule has 5 aromatic rings. The van der Waals surface area contributed by atoms with Gasteiger partial charge in [0, 0.05) is 34.7 Å². The smallest absolute Gasteiger partial charge is 0.394 e. The van der Waals surface area contributed by atoms with Crippen LogP contribution >= 0.6 is 0 Å². The molecule has 356 valence electrons. The Morgan fingerprint density at radius 1 is 0.618 bits per heavy atom. The summed E-state index contributed by atoms with van der Waals surface area (Å²) < 4.78 is 89.0. The summed E-state index contributed by atoms with van der Waals surface area (Å²) in [6.07, 6.45) is 0.110. The van der Waals surface area contributed by atoms with Gasteiger partial charge in [-0.3, -0.25) is 9.78 Å². The Labute approximate surface area is 395 Å². The van der Waals surface area contributed by atoms with Gasteiger partial charge in [-0.25, -0.2) is 4.79 Å². The van der Waals surface area contributed by atoms with Crippen LogP contribution in [-0.2, 0) is 34.8 Å². The molecule has 0 N–H and O–H groups in total. The minimum Gasteiger partial charge on any atom is -0.465 e. The second kappa shape index (κ2) is 18.3. The lowest BCUT2D eigenvalue weighted by Gasteiger charge is -2.53. The zero-order valence-corrected chi connectivity index (χ0v) is 39.6. The minimum absolute atomic E-state index is 0.0132. The standard InChI is InChI=1S/C32H32F3NO.C26H27F3O2/c1-21-16-26-20-30(3,32(33,34)35)13-14-31(26,19-23-8-5-4-6-9-23)28-12-11-25(17-27(21)28)29(37)18-24-10-7-15-36-22(24)2;1-17-13-20-16-24(2,26(27,28)29)11-12-25(20,15-18-7-5-4-6-8-18)22-10-9-19(14-21(17)22)23(30)31-3/h4-12,15-17,26H,13-14,18-20H2,1-3H3;4-10,13-14,20H,11-12,15-16H2,1-3H3/t26-,30+,31+;20-,24+,25+/m11/s1. The molecular formula is C58H59F6NO3. The first-order valence-electron chi connectivity index (χ1n) is 23.5. The normalized spacial score (nSPS) is 26.3. The summed E-state index contributed by atoms with van der Waals surface area (Å²) in [7, 11) is 1.34. The number of Topliss-reactive ketones (excluding diaryl/α,β-unsaturated/α-hetero) is 1. The van der Waals surface area contributed by atoms with Crippen molar-refractivity contribution in [3.8, 4) is 0 Å². The first-order valence-corrected chi connectivity index (χ1v) is 23.5. The number of rotatable bonds is 8. The lowest BCUT2D eigenvalue weighted by atomic mass is 9.51. The van der Waals surface area contributed by atoms with E-state index >= 15 is 0 Å². The number of esters is 1. The third-order valence-electron chi connectivity index (χ3n) is 16.2. The van der Waals surface area contributed by atoms with Crippen LogP contribution in [0.25, 0.3) is 11.1 Å². The second-order valence-electron chi connectivity index (χ2n) is 20.4. The van der Waals surface area contributed by atoms with Crippen LogP contribution in [0.1, 0.15) is 132 Å². The lowest BCUT2D eigenvalue weighted by molar-refractivity contribution is -0.235. The number of alkyl halides is 6. The highest BCUT2D eigenvalue weighted by molar-refractivity contribution is 5.98. The fourth-order valence-corrected chi connectivity index (χ4v) is 11.9. The van der Waals surface area contributed by atoms with E-state index in [4.69, 9.17) is 4.74 Å². The summed E-state index contributed by atoms with van der Waals surface area (Å²) in [5.41, 5.74) is 6.66. The van der Waals surface area contributed by atoms with Gasteiger partial charge in [-0.1, -0.05) is 111 Å². The number of allylic oxidation sites excluding steroid dienone is 4. The van der Waals surface area contributed by atoms with Gasteiger partial charge in [0.2, 0.25) is 0 Å². The largest absolute Gasteiger partial charge is 0.465 e. The maximum absolute atomic E-state index is 14.1. The van der Waals surface area contributed by atoms with Crippen LogP contribution in [-0.4, -0.2) is 36.2 Å². The number of ether oxygens (including phenoxy) is 1. The molecule has 4 nitrogen and oxygen atoms in total. The average molecular weight is 932 g/mol. The third kappa shape index (κ3) is 9.00. The van der Waals surface area contributed by atoms with Crippen LogP contribution in [0.15, 0.2) is 128 Å². The van der Waals surface area contributed by atoms with E-state index < -0.39 is 40.0 Å². The summed E-state index contributed by atoms with van der Waals surface area (Å²) in [5.74, 6) is -0.868. The first kappa shape index (κ1) is 48.7. The molecule has 4 aliphatic rings. The van der Waals surface area contributed by atoms with E-state index in [2.05, 4.69) is 17.1 Å². The zero-order valence-electron chi connectivity index (χ0n) is 39.6. The van der Waals surface area contributed by atoms with Gasteiger partial charge in [0.25, 0.3) is 0 Å². The van der Waals surface area contributed by atoms with E-state index in [9.17, 15) is 35.9 Å². The number of carbonyl (C=O) groups is 2. The Morgan fingerprint density at radius 3 is 1.51 bits per heavy atom. The maximum atomic E-state index is 14.1. The quantitative estimate of drug-likeness (QED) is 0.0884. The number of ketones is 1. The molecule has 4 aromatic carbocycles. The van der Waals surface area contributed by atoms with Crippen molar-refractivity contribution in [2.24, 2.45) is 22.7 Å². The topological polar surface area (TPSA) is 56.3 Å². The van der Waals surface area contributed by atoms with Crippen molar-refractivity contribution in [3.05, 3.63) is 183 Å². The van der Waals surface area contributed by atoms with E-state index in [0.717, 1.165) is 55.8 Å².